The third kappa shape index (κ3) is 6.69. The molecule has 5 rings (SSSR count). The Morgan fingerprint density at radius 3 is 2.17 bits per heavy atom. The third-order valence-corrected chi connectivity index (χ3v) is 8.62. The number of rotatable bonds is 9. The fourth-order valence-corrected chi connectivity index (χ4v) is 6.00. The molecule has 2 aliphatic heterocycles. The molecule has 214 valence electrons. The summed E-state index contributed by atoms with van der Waals surface area (Å²) in [5.41, 5.74) is 4.97. The maximum atomic E-state index is 10.5. The van der Waals surface area contributed by atoms with Gasteiger partial charge >= 0.3 is 0 Å². The van der Waals surface area contributed by atoms with Crippen LogP contribution < -0.4 is 4.74 Å². The van der Waals surface area contributed by atoms with Crippen LogP contribution in [0.5, 0.6) is 5.75 Å². The van der Waals surface area contributed by atoms with Crippen LogP contribution in [-0.2, 0) is 24.3 Å². The van der Waals surface area contributed by atoms with Crippen molar-refractivity contribution < 1.29 is 34.4 Å². The van der Waals surface area contributed by atoms with Crippen LogP contribution in [0.4, 0.5) is 0 Å². The van der Waals surface area contributed by atoms with E-state index in [9.17, 15) is 20.4 Å². The van der Waals surface area contributed by atoms with Crippen molar-refractivity contribution in [1.29, 1.82) is 0 Å². The lowest BCUT2D eigenvalue weighted by Crippen LogP contribution is -2.55. The molecular weight excluding hydrogens is 530 g/mol. The number of aliphatic hydroxyl groups excluding tert-OH is 4. The van der Waals surface area contributed by atoms with Gasteiger partial charge in [-0.05, 0) is 46.9 Å². The minimum Gasteiger partial charge on any atom is -0.489 e. The average Bonchev–Trinajstić information content (AvgIpc) is 3.39. The van der Waals surface area contributed by atoms with Crippen LogP contribution in [0.15, 0.2) is 66.7 Å². The Labute approximate surface area is 240 Å². The normalized spacial score (nSPS) is 26.1. The summed E-state index contributed by atoms with van der Waals surface area (Å²) < 4.78 is 12.9. The van der Waals surface area contributed by atoms with Crippen molar-refractivity contribution in [2.75, 3.05) is 26.7 Å². The predicted molar refractivity (Wildman–Crippen MR) is 153 cm³/mol. The van der Waals surface area contributed by atoms with E-state index in [1.54, 1.807) is 12.1 Å². The Morgan fingerprint density at radius 2 is 1.50 bits per heavy atom. The second kappa shape index (κ2) is 12.6. The summed E-state index contributed by atoms with van der Waals surface area (Å²) in [6.07, 6.45) is -2.84. The molecule has 0 bridgehead atoms. The van der Waals surface area contributed by atoms with Crippen LogP contribution in [-0.4, -0.2) is 76.1 Å². The number of hydrogen-bond donors (Lipinski definition) is 4. The van der Waals surface area contributed by atoms with Gasteiger partial charge in [-0.3, -0.25) is 0 Å². The Balaban J connectivity index is 1.19. The van der Waals surface area contributed by atoms with Crippen molar-refractivity contribution in [2.45, 2.75) is 62.9 Å². The second-order valence-corrected chi connectivity index (χ2v) is 11.9. The lowest BCUT2D eigenvalue weighted by Gasteiger charge is -2.40. The van der Waals surface area contributed by atoms with Gasteiger partial charge in [-0.2, -0.15) is 0 Å². The van der Waals surface area contributed by atoms with Crippen LogP contribution in [0, 0.1) is 0 Å². The van der Waals surface area contributed by atoms with Gasteiger partial charge in [0.05, 0.1) is 26.7 Å². The van der Waals surface area contributed by atoms with Crippen molar-refractivity contribution in [3.63, 3.8) is 0 Å². The van der Waals surface area contributed by atoms with E-state index in [2.05, 4.69) is 31.3 Å². The van der Waals surface area contributed by atoms with Gasteiger partial charge in [-0.15, -0.1) is 0 Å². The van der Waals surface area contributed by atoms with Crippen LogP contribution in [0.25, 0.3) is 0 Å². The SMILES string of the molecule is C[N+]1(Cc2ccc(COc3ccc(Cc4cc([C@@H]5O[C@H](CO)[C@@H](O)[C@H](O)[C@H]5O)ccc4Cl)cc3)cc2)CCCC1. The molecule has 2 heterocycles. The molecular formula is C32H39ClNO6+. The Kier molecular flexibility index (Phi) is 9.12. The molecule has 2 fully saturated rings. The van der Waals surface area contributed by atoms with Gasteiger partial charge in [-0.1, -0.05) is 60.1 Å². The van der Waals surface area contributed by atoms with Crippen molar-refractivity contribution in [3.05, 3.63) is 99.6 Å². The number of aliphatic hydroxyl groups is 4. The quantitative estimate of drug-likeness (QED) is 0.293. The summed E-state index contributed by atoms with van der Waals surface area (Å²) in [6, 6.07) is 21.9. The molecule has 3 aromatic rings. The number of halogens is 1. The molecule has 2 saturated heterocycles. The molecule has 0 aromatic heterocycles. The van der Waals surface area contributed by atoms with Gasteiger partial charge in [0.1, 0.15) is 49.4 Å². The molecule has 8 heteroatoms. The molecule has 40 heavy (non-hydrogen) atoms. The predicted octanol–water partition coefficient (Wildman–Crippen LogP) is 3.77. The molecule has 0 aliphatic carbocycles. The number of quaternary nitrogens is 1. The fraction of sp³-hybridized carbons (Fsp3) is 0.438. The smallest absolute Gasteiger partial charge is 0.119 e. The van der Waals surface area contributed by atoms with Gasteiger partial charge < -0.3 is 34.4 Å². The molecule has 3 aromatic carbocycles. The van der Waals surface area contributed by atoms with Crippen LogP contribution >= 0.6 is 11.6 Å². The van der Waals surface area contributed by atoms with E-state index in [-0.39, 0.29) is 0 Å². The van der Waals surface area contributed by atoms with Crippen molar-refractivity contribution in [3.8, 4) is 5.75 Å². The molecule has 0 spiro atoms. The highest BCUT2D eigenvalue weighted by Gasteiger charge is 2.44. The van der Waals surface area contributed by atoms with E-state index in [0.717, 1.165) is 33.5 Å². The number of hydrogen-bond acceptors (Lipinski definition) is 6. The monoisotopic (exact) mass is 568 g/mol. The van der Waals surface area contributed by atoms with Crippen molar-refractivity contribution in [2.24, 2.45) is 0 Å². The maximum absolute atomic E-state index is 10.5. The Morgan fingerprint density at radius 1 is 0.850 bits per heavy atom. The zero-order valence-electron chi connectivity index (χ0n) is 22.8. The molecule has 5 atom stereocenters. The first kappa shape index (κ1) is 29.0. The molecule has 7 nitrogen and oxygen atoms in total. The Hall–Kier alpha value is -2.49. The minimum atomic E-state index is -1.43. The van der Waals surface area contributed by atoms with Crippen LogP contribution in [0.2, 0.25) is 5.02 Å². The van der Waals surface area contributed by atoms with E-state index in [1.165, 1.54) is 31.5 Å². The summed E-state index contributed by atoms with van der Waals surface area (Å²) in [4.78, 5) is 0. The third-order valence-electron chi connectivity index (χ3n) is 8.25. The lowest BCUT2D eigenvalue weighted by molar-refractivity contribution is -0.910. The minimum absolute atomic E-state index is 0.472. The van der Waals surface area contributed by atoms with Gasteiger partial charge in [-0.25, -0.2) is 0 Å². The van der Waals surface area contributed by atoms with Crippen molar-refractivity contribution >= 4 is 11.6 Å². The van der Waals surface area contributed by atoms with Gasteiger partial charge in [0.15, 0.2) is 0 Å². The van der Waals surface area contributed by atoms with E-state index < -0.39 is 37.1 Å². The largest absolute Gasteiger partial charge is 0.489 e. The summed E-state index contributed by atoms with van der Waals surface area (Å²) in [7, 11) is 2.35. The summed E-state index contributed by atoms with van der Waals surface area (Å²) in [5.74, 6) is 0.782. The average molecular weight is 569 g/mol. The standard InChI is InChI=1S/C32H39ClNO6/c1-34(14-2-3-15-34)18-22-4-6-23(7-5-22)20-39-26-11-8-21(9-12-26)16-25-17-24(10-13-27(25)33)32-31(38)30(37)29(36)28(19-35)40-32/h4-13,17,28-32,35-38H,2-3,14-16,18-20H2,1H3/q+1/t28-,29-,30+,31-,32+/m1/s1. The van der Waals surface area contributed by atoms with Crippen LogP contribution in [0.3, 0.4) is 0 Å². The highest BCUT2D eigenvalue weighted by Crippen LogP contribution is 2.34. The highest BCUT2D eigenvalue weighted by molar-refractivity contribution is 6.31. The first-order chi connectivity index (χ1) is 19.2. The number of ether oxygens (including phenoxy) is 2. The zero-order valence-corrected chi connectivity index (χ0v) is 23.6. The molecule has 2 aliphatic rings. The zero-order chi connectivity index (χ0) is 28.3. The summed E-state index contributed by atoms with van der Waals surface area (Å²) in [6.45, 7) is 3.63. The molecule has 0 unspecified atom stereocenters. The van der Waals surface area contributed by atoms with Gasteiger partial charge in [0.25, 0.3) is 0 Å². The fourth-order valence-electron chi connectivity index (χ4n) is 5.81. The van der Waals surface area contributed by atoms with Gasteiger partial charge in [0, 0.05) is 23.4 Å². The number of likely N-dealkylation sites (tertiary alicyclic amines) is 1. The molecule has 0 radical (unpaired) electrons. The Bertz CT molecular complexity index is 1260. The topological polar surface area (TPSA) is 99.4 Å². The first-order valence-corrected chi connectivity index (χ1v) is 14.3. The van der Waals surface area contributed by atoms with E-state index in [4.69, 9.17) is 21.1 Å². The number of nitrogens with zero attached hydrogens (tertiary/aromatic N) is 1. The van der Waals surface area contributed by atoms with E-state index in [1.807, 2.05) is 30.3 Å². The lowest BCUT2D eigenvalue weighted by atomic mass is 9.90. The molecule has 0 saturated carbocycles. The molecule has 4 N–H and O–H groups in total. The second-order valence-electron chi connectivity index (χ2n) is 11.5. The van der Waals surface area contributed by atoms with Crippen molar-refractivity contribution in [1.82, 2.24) is 0 Å². The highest BCUT2D eigenvalue weighted by atomic mass is 35.5. The van der Waals surface area contributed by atoms with Gasteiger partial charge in [0.2, 0.25) is 0 Å². The summed E-state index contributed by atoms with van der Waals surface area (Å²) >= 11 is 6.49. The van der Waals surface area contributed by atoms with Crippen LogP contribution in [0.1, 0.15) is 46.8 Å². The maximum Gasteiger partial charge on any atom is 0.119 e. The van der Waals surface area contributed by atoms with E-state index >= 15 is 0 Å². The number of benzene rings is 3. The van der Waals surface area contributed by atoms with E-state index in [0.29, 0.717) is 23.6 Å². The first-order valence-electron chi connectivity index (χ1n) is 14.0. The summed E-state index contributed by atoms with van der Waals surface area (Å²) in [5, 5.41) is 40.8. The molecule has 0 amide bonds.